The SMILES string of the molecule is COC[C@H](Cc1ccc(C)cc1)N1CN(Cc2ccsc2)c2ccccc21. The smallest absolute Gasteiger partial charge is 0.0911 e. The number of rotatable bonds is 7. The Bertz CT molecular complexity index is 860. The summed E-state index contributed by atoms with van der Waals surface area (Å²) < 4.78 is 5.61. The van der Waals surface area contributed by atoms with E-state index in [1.807, 2.05) is 0 Å². The molecule has 140 valence electrons. The predicted octanol–water partition coefficient (Wildman–Crippen LogP) is 5.10. The molecule has 0 fully saturated rings. The Morgan fingerprint density at radius 1 is 1.00 bits per heavy atom. The second-order valence-electron chi connectivity index (χ2n) is 7.23. The van der Waals surface area contributed by atoms with E-state index in [-0.39, 0.29) is 0 Å². The van der Waals surface area contributed by atoms with Crippen LogP contribution in [0, 0.1) is 6.92 Å². The number of fused-ring (bicyclic) bond motifs is 1. The molecular formula is C23H26N2OS. The number of hydrogen-bond donors (Lipinski definition) is 0. The first-order chi connectivity index (χ1) is 13.2. The molecule has 0 saturated heterocycles. The van der Waals surface area contributed by atoms with Crippen molar-refractivity contribution in [2.75, 3.05) is 30.2 Å². The van der Waals surface area contributed by atoms with Gasteiger partial charge in [-0.15, -0.1) is 0 Å². The topological polar surface area (TPSA) is 15.7 Å². The van der Waals surface area contributed by atoms with Crippen molar-refractivity contribution in [3.63, 3.8) is 0 Å². The van der Waals surface area contributed by atoms with Crippen LogP contribution in [0.25, 0.3) is 0 Å². The van der Waals surface area contributed by atoms with E-state index >= 15 is 0 Å². The third kappa shape index (κ3) is 4.02. The van der Waals surface area contributed by atoms with E-state index in [2.05, 4.69) is 82.1 Å². The van der Waals surface area contributed by atoms with Gasteiger partial charge < -0.3 is 14.5 Å². The Balaban J connectivity index is 1.59. The Morgan fingerprint density at radius 2 is 1.78 bits per heavy atom. The second-order valence-corrected chi connectivity index (χ2v) is 8.01. The minimum atomic E-state index is 0.311. The second kappa shape index (κ2) is 8.15. The highest BCUT2D eigenvalue weighted by molar-refractivity contribution is 7.07. The Morgan fingerprint density at radius 3 is 2.48 bits per heavy atom. The fraction of sp³-hybridized carbons (Fsp3) is 0.304. The molecule has 3 nitrogen and oxygen atoms in total. The van der Waals surface area contributed by atoms with Gasteiger partial charge in [0.1, 0.15) is 0 Å². The maximum atomic E-state index is 5.61. The first-order valence-corrected chi connectivity index (χ1v) is 10.3. The van der Waals surface area contributed by atoms with Crippen LogP contribution in [-0.4, -0.2) is 26.4 Å². The van der Waals surface area contributed by atoms with Gasteiger partial charge in [-0.05, 0) is 53.4 Å². The summed E-state index contributed by atoms with van der Waals surface area (Å²) in [6.07, 6.45) is 0.981. The summed E-state index contributed by atoms with van der Waals surface area (Å²) in [4.78, 5) is 4.97. The lowest BCUT2D eigenvalue weighted by atomic mass is 10.0. The molecular weight excluding hydrogens is 352 g/mol. The normalized spacial score (nSPS) is 14.4. The number of thiophene rings is 1. The van der Waals surface area contributed by atoms with Gasteiger partial charge in [0.05, 0.1) is 30.7 Å². The van der Waals surface area contributed by atoms with Crippen molar-refractivity contribution in [1.82, 2.24) is 0 Å². The van der Waals surface area contributed by atoms with Gasteiger partial charge in [0.25, 0.3) is 0 Å². The average Bonchev–Trinajstić information content (AvgIpc) is 3.32. The third-order valence-corrected chi connectivity index (χ3v) is 5.93. The minimum Gasteiger partial charge on any atom is -0.383 e. The van der Waals surface area contributed by atoms with Gasteiger partial charge in [0.2, 0.25) is 0 Å². The highest BCUT2D eigenvalue weighted by Crippen LogP contribution is 2.38. The summed E-state index contributed by atoms with van der Waals surface area (Å²) in [6.45, 7) is 4.69. The van der Waals surface area contributed by atoms with Crippen LogP contribution in [0.15, 0.2) is 65.4 Å². The standard InChI is InChI=1S/C23H26N2OS/c1-18-7-9-19(10-8-18)13-21(15-26-2)25-17-24(14-20-11-12-27-16-20)22-5-3-4-6-23(22)25/h3-12,16,21H,13-15,17H2,1-2H3/t21-/m0/s1. The summed E-state index contributed by atoms with van der Waals surface area (Å²) in [5, 5.41) is 4.39. The summed E-state index contributed by atoms with van der Waals surface area (Å²) in [5.74, 6) is 0. The first kappa shape index (κ1) is 18.1. The molecule has 0 bridgehead atoms. The van der Waals surface area contributed by atoms with Crippen LogP contribution in [0.5, 0.6) is 0 Å². The maximum Gasteiger partial charge on any atom is 0.0911 e. The van der Waals surface area contributed by atoms with Crippen molar-refractivity contribution in [3.8, 4) is 0 Å². The summed E-state index contributed by atoms with van der Waals surface area (Å²) in [5.41, 5.74) is 6.65. The number of benzene rings is 2. The number of nitrogens with zero attached hydrogens (tertiary/aromatic N) is 2. The lowest BCUT2D eigenvalue weighted by Crippen LogP contribution is -2.42. The molecule has 2 aromatic carbocycles. The van der Waals surface area contributed by atoms with E-state index in [1.54, 1.807) is 18.4 Å². The van der Waals surface area contributed by atoms with Gasteiger partial charge in [-0.3, -0.25) is 0 Å². The highest BCUT2D eigenvalue weighted by Gasteiger charge is 2.30. The number of anilines is 2. The van der Waals surface area contributed by atoms with E-state index in [9.17, 15) is 0 Å². The molecule has 1 aromatic heterocycles. The van der Waals surface area contributed by atoms with E-state index < -0.39 is 0 Å². The molecule has 0 saturated carbocycles. The molecule has 1 atom stereocenters. The fourth-order valence-electron chi connectivity index (χ4n) is 3.81. The molecule has 0 radical (unpaired) electrons. The third-order valence-electron chi connectivity index (χ3n) is 5.20. The average molecular weight is 379 g/mol. The van der Waals surface area contributed by atoms with Crippen molar-refractivity contribution in [2.24, 2.45) is 0 Å². The zero-order valence-corrected chi connectivity index (χ0v) is 16.8. The van der Waals surface area contributed by atoms with Gasteiger partial charge in [0, 0.05) is 13.7 Å². The Labute approximate surface area is 165 Å². The molecule has 3 aromatic rings. The molecule has 2 heterocycles. The fourth-order valence-corrected chi connectivity index (χ4v) is 4.47. The van der Waals surface area contributed by atoms with E-state index in [0.717, 1.165) is 19.6 Å². The van der Waals surface area contributed by atoms with Crippen LogP contribution >= 0.6 is 11.3 Å². The van der Waals surface area contributed by atoms with E-state index in [1.165, 1.54) is 28.1 Å². The number of hydrogen-bond acceptors (Lipinski definition) is 4. The molecule has 1 aliphatic rings. The lowest BCUT2D eigenvalue weighted by molar-refractivity contribution is 0.176. The molecule has 4 rings (SSSR count). The van der Waals surface area contributed by atoms with Crippen molar-refractivity contribution < 1.29 is 4.74 Å². The summed E-state index contributed by atoms with van der Waals surface area (Å²) in [7, 11) is 1.80. The highest BCUT2D eigenvalue weighted by atomic mass is 32.1. The quantitative estimate of drug-likeness (QED) is 0.569. The largest absolute Gasteiger partial charge is 0.383 e. The summed E-state index contributed by atoms with van der Waals surface area (Å²) in [6, 6.07) is 20.1. The molecule has 0 amide bonds. The molecule has 27 heavy (non-hydrogen) atoms. The first-order valence-electron chi connectivity index (χ1n) is 9.41. The van der Waals surface area contributed by atoms with Gasteiger partial charge in [-0.1, -0.05) is 42.0 Å². The number of ether oxygens (including phenoxy) is 1. The number of aryl methyl sites for hydroxylation is 1. The Kier molecular flexibility index (Phi) is 5.46. The van der Waals surface area contributed by atoms with E-state index in [0.29, 0.717) is 12.6 Å². The van der Waals surface area contributed by atoms with Crippen molar-refractivity contribution >= 4 is 22.7 Å². The monoisotopic (exact) mass is 378 g/mol. The lowest BCUT2D eigenvalue weighted by Gasteiger charge is -2.30. The molecule has 0 N–H and O–H groups in total. The van der Waals surface area contributed by atoms with Gasteiger partial charge >= 0.3 is 0 Å². The molecule has 0 aliphatic carbocycles. The predicted molar refractivity (Wildman–Crippen MR) is 115 cm³/mol. The van der Waals surface area contributed by atoms with Crippen LogP contribution in [0.4, 0.5) is 11.4 Å². The maximum absolute atomic E-state index is 5.61. The van der Waals surface area contributed by atoms with Gasteiger partial charge in [-0.25, -0.2) is 0 Å². The zero-order chi connectivity index (χ0) is 18.6. The van der Waals surface area contributed by atoms with Crippen molar-refractivity contribution in [2.45, 2.75) is 25.9 Å². The molecule has 1 aliphatic heterocycles. The molecule has 0 spiro atoms. The van der Waals surface area contributed by atoms with Crippen LogP contribution in [-0.2, 0) is 17.7 Å². The Hall–Kier alpha value is -2.30. The number of methoxy groups -OCH3 is 1. The molecule has 4 heteroatoms. The van der Waals surface area contributed by atoms with Gasteiger partial charge in [-0.2, -0.15) is 11.3 Å². The zero-order valence-electron chi connectivity index (χ0n) is 16.0. The van der Waals surface area contributed by atoms with Crippen LogP contribution in [0.3, 0.4) is 0 Å². The number of para-hydroxylation sites is 2. The van der Waals surface area contributed by atoms with Gasteiger partial charge in [0.15, 0.2) is 0 Å². The van der Waals surface area contributed by atoms with Crippen LogP contribution in [0.2, 0.25) is 0 Å². The summed E-state index contributed by atoms with van der Waals surface area (Å²) >= 11 is 1.76. The molecule has 0 unspecified atom stereocenters. The van der Waals surface area contributed by atoms with Crippen molar-refractivity contribution in [1.29, 1.82) is 0 Å². The minimum absolute atomic E-state index is 0.311. The van der Waals surface area contributed by atoms with Crippen LogP contribution < -0.4 is 9.80 Å². The van der Waals surface area contributed by atoms with Crippen LogP contribution in [0.1, 0.15) is 16.7 Å². The van der Waals surface area contributed by atoms with E-state index in [4.69, 9.17) is 4.74 Å². The van der Waals surface area contributed by atoms with Crippen molar-refractivity contribution in [3.05, 3.63) is 82.0 Å².